The van der Waals surface area contributed by atoms with Crippen molar-refractivity contribution in [3.8, 4) is 0 Å². The van der Waals surface area contributed by atoms with Crippen LogP contribution in [-0.4, -0.2) is 22.1 Å². The third-order valence-corrected chi connectivity index (χ3v) is 5.31. The second kappa shape index (κ2) is 5.65. The fourth-order valence-electron chi connectivity index (χ4n) is 4.08. The average molecular weight is 320 g/mol. The van der Waals surface area contributed by atoms with Gasteiger partial charge in [-0.15, -0.1) is 0 Å². The molecule has 2 N–H and O–H groups in total. The van der Waals surface area contributed by atoms with Crippen molar-refractivity contribution >= 4 is 17.7 Å². The molecule has 3 saturated carbocycles. The number of nitrogens with one attached hydrogen (secondary N) is 1. The van der Waals surface area contributed by atoms with Crippen molar-refractivity contribution in [3.05, 3.63) is 11.8 Å². The lowest BCUT2D eigenvalue weighted by molar-refractivity contribution is -0.156. The molecule has 1 heterocycles. The number of anilines is 1. The smallest absolute Gasteiger partial charge is 0.307 e. The molecule has 6 nitrogen and oxygen atoms in total. The number of aromatic nitrogens is 1. The summed E-state index contributed by atoms with van der Waals surface area (Å²) in [6, 6.07) is 1.72. The van der Waals surface area contributed by atoms with Gasteiger partial charge in [0.05, 0.1) is 11.8 Å². The molecule has 1 aromatic rings. The first-order valence-electron chi connectivity index (χ1n) is 8.28. The maximum atomic E-state index is 12.7. The monoisotopic (exact) mass is 320 g/mol. The van der Waals surface area contributed by atoms with Crippen LogP contribution in [-0.2, 0) is 15.0 Å². The summed E-state index contributed by atoms with van der Waals surface area (Å²) in [6.45, 7) is 6.00. The Morgan fingerprint density at radius 1 is 1.17 bits per heavy atom. The van der Waals surface area contributed by atoms with Crippen LogP contribution < -0.4 is 5.32 Å². The Hall–Kier alpha value is -1.85. The van der Waals surface area contributed by atoms with Crippen molar-refractivity contribution in [2.75, 3.05) is 5.32 Å². The zero-order chi connectivity index (χ0) is 16.8. The van der Waals surface area contributed by atoms with Gasteiger partial charge >= 0.3 is 5.97 Å². The number of aliphatic carboxylic acids is 1. The summed E-state index contributed by atoms with van der Waals surface area (Å²) in [6.07, 6.45) is 3.73. The molecule has 2 bridgehead atoms. The number of nitrogens with zero attached hydrogens (tertiary/aromatic N) is 1. The topological polar surface area (TPSA) is 92.4 Å². The van der Waals surface area contributed by atoms with E-state index in [0.717, 1.165) is 25.7 Å². The van der Waals surface area contributed by atoms with Gasteiger partial charge in [-0.05, 0) is 37.5 Å². The van der Waals surface area contributed by atoms with E-state index in [1.165, 1.54) is 0 Å². The summed E-state index contributed by atoms with van der Waals surface area (Å²) < 4.78 is 5.27. The first kappa shape index (κ1) is 16.0. The summed E-state index contributed by atoms with van der Waals surface area (Å²) in [5, 5.41) is 16.2. The Morgan fingerprint density at radius 3 is 2.22 bits per heavy atom. The number of amides is 1. The molecule has 126 valence electrons. The van der Waals surface area contributed by atoms with Gasteiger partial charge in [0.25, 0.3) is 0 Å². The summed E-state index contributed by atoms with van der Waals surface area (Å²) >= 11 is 0. The van der Waals surface area contributed by atoms with E-state index in [9.17, 15) is 14.7 Å². The Labute approximate surface area is 135 Å². The van der Waals surface area contributed by atoms with Gasteiger partial charge in [-0.2, -0.15) is 0 Å². The molecule has 0 unspecified atom stereocenters. The largest absolute Gasteiger partial charge is 0.481 e. The number of carboxylic acids is 1. The lowest BCUT2D eigenvalue weighted by atomic mass is 9.58. The van der Waals surface area contributed by atoms with Crippen LogP contribution in [0.25, 0.3) is 0 Å². The normalized spacial score (nSPS) is 30.2. The minimum atomic E-state index is -0.852. The van der Waals surface area contributed by atoms with Crippen LogP contribution in [0, 0.1) is 23.7 Å². The summed E-state index contributed by atoms with van der Waals surface area (Å²) in [5.41, 5.74) is -0.191. The first-order valence-corrected chi connectivity index (χ1v) is 8.28. The van der Waals surface area contributed by atoms with E-state index < -0.39 is 17.8 Å². The minimum Gasteiger partial charge on any atom is -0.481 e. The zero-order valence-corrected chi connectivity index (χ0v) is 13.8. The van der Waals surface area contributed by atoms with E-state index in [0.29, 0.717) is 11.6 Å². The molecule has 3 fully saturated rings. The van der Waals surface area contributed by atoms with Crippen molar-refractivity contribution < 1.29 is 19.2 Å². The van der Waals surface area contributed by atoms with E-state index in [1.54, 1.807) is 6.07 Å². The van der Waals surface area contributed by atoms with Gasteiger partial charge in [0.15, 0.2) is 5.82 Å². The molecule has 0 spiro atoms. The summed E-state index contributed by atoms with van der Waals surface area (Å²) in [5.74, 6) is -0.786. The van der Waals surface area contributed by atoms with Crippen LogP contribution in [0.1, 0.15) is 52.2 Å². The Morgan fingerprint density at radius 2 is 1.74 bits per heavy atom. The summed E-state index contributed by atoms with van der Waals surface area (Å²) in [7, 11) is 0. The Kier molecular flexibility index (Phi) is 3.94. The van der Waals surface area contributed by atoms with Crippen LogP contribution in [0.5, 0.6) is 0 Å². The molecule has 2 atom stereocenters. The number of hydrogen-bond donors (Lipinski definition) is 2. The van der Waals surface area contributed by atoms with Crippen molar-refractivity contribution in [1.29, 1.82) is 0 Å². The second-order valence-electron chi connectivity index (χ2n) is 7.88. The van der Waals surface area contributed by atoms with Crippen molar-refractivity contribution in [3.63, 3.8) is 0 Å². The second-order valence-corrected chi connectivity index (χ2v) is 7.88. The van der Waals surface area contributed by atoms with Crippen molar-refractivity contribution in [2.45, 2.75) is 51.9 Å². The van der Waals surface area contributed by atoms with E-state index >= 15 is 0 Å². The highest BCUT2D eigenvalue weighted by Gasteiger charge is 2.50. The first-order chi connectivity index (χ1) is 10.8. The SMILES string of the molecule is CC(C)(C)c1cc(NC(=O)[C@@H]2C3CCC(CC3)[C@H]2C(=O)O)no1. The van der Waals surface area contributed by atoms with Crippen LogP contribution in [0.4, 0.5) is 5.82 Å². The van der Waals surface area contributed by atoms with Crippen LogP contribution >= 0.6 is 0 Å². The van der Waals surface area contributed by atoms with Gasteiger partial charge in [-0.25, -0.2) is 0 Å². The molecule has 0 radical (unpaired) electrons. The lowest BCUT2D eigenvalue weighted by Gasteiger charge is -2.45. The standard InChI is InChI=1S/C17H24N2O4/c1-17(2,3)11-8-12(19-23-11)18-15(20)13-9-4-6-10(7-5-9)14(13)16(21)22/h8-10,13-14H,4-7H2,1-3H3,(H,21,22)(H,18,19,20)/t9?,10?,13-,14-/m1/s1. The number of carbonyl (C=O) groups is 2. The molecule has 1 amide bonds. The van der Waals surface area contributed by atoms with E-state index in [1.807, 2.05) is 20.8 Å². The predicted molar refractivity (Wildman–Crippen MR) is 83.9 cm³/mol. The predicted octanol–water partition coefficient (Wildman–Crippen LogP) is 3.05. The van der Waals surface area contributed by atoms with Gasteiger partial charge in [0.1, 0.15) is 5.76 Å². The maximum Gasteiger partial charge on any atom is 0.307 e. The van der Waals surface area contributed by atoms with Crippen molar-refractivity contribution in [2.24, 2.45) is 23.7 Å². The maximum absolute atomic E-state index is 12.7. The number of carboxylic acid groups (broad SMARTS) is 1. The third-order valence-electron chi connectivity index (χ3n) is 5.31. The number of rotatable bonds is 3. The molecule has 3 aliphatic carbocycles. The molecule has 0 saturated heterocycles. The van der Waals surface area contributed by atoms with E-state index in [2.05, 4.69) is 10.5 Å². The molecule has 1 aromatic heterocycles. The average Bonchev–Trinajstić information content (AvgIpc) is 2.96. The zero-order valence-electron chi connectivity index (χ0n) is 13.8. The highest BCUT2D eigenvalue weighted by Crippen LogP contribution is 2.49. The highest BCUT2D eigenvalue weighted by molar-refractivity contribution is 5.95. The summed E-state index contributed by atoms with van der Waals surface area (Å²) in [4.78, 5) is 24.3. The number of carbonyl (C=O) groups excluding carboxylic acids is 1. The van der Waals surface area contributed by atoms with E-state index in [-0.39, 0.29) is 23.2 Å². The lowest BCUT2D eigenvalue weighted by Crippen LogP contribution is -2.49. The van der Waals surface area contributed by atoms with Gasteiger partial charge < -0.3 is 14.9 Å². The fourth-order valence-corrected chi connectivity index (χ4v) is 4.08. The highest BCUT2D eigenvalue weighted by atomic mass is 16.5. The van der Waals surface area contributed by atoms with Gasteiger partial charge in [0, 0.05) is 11.5 Å². The quantitative estimate of drug-likeness (QED) is 0.893. The molecule has 6 heteroatoms. The Bertz CT molecular complexity index is 608. The molecule has 3 aliphatic rings. The van der Waals surface area contributed by atoms with Crippen LogP contribution in [0.3, 0.4) is 0 Å². The van der Waals surface area contributed by atoms with Crippen LogP contribution in [0.15, 0.2) is 10.6 Å². The van der Waals surface area contributed by atoms with Gasteiger partial charge in [-0.1, -0.05) is 25.9 Å². The molecule has 4 rings (SSSR count). The van der Waals surface area contributed by atoms with Gasteiger partial charge in [0.2, 0.25) is 5.91 Å². The van der Waals surface area contributed by atoms with Crippen molar-refractivity contribution in [1.82, 2.24) is 5.16 Å². The van der Waals surface area contributed by atoms with E-state index in [4.69, 9.17) is 4.52 Å². The minimum absolute atomic E-state index is 0.121. The third kappa shape index (κ3) is 2.99. The van der Waals surface area contributed by atoms with Crippen LogP contribution in [0.2, 0.25) is 0 Å². The molecule has 23 heavy (non-hydrogen) atoms. The molecule has 0 aliphatic heterocycles. The van der Waals surface area contributed by atoms with Gasteiger partial charge in [-0.3, -0.25) is 9.59 Å². The molecular weight excluding hydrogens is 296 g/mol. The number of fused-ring (bicyclic) bond motifs is 3. The Balaban J connectivity index is 1.77. The fraction of sp³-hybridized carbons (Fsp3) is 0.706. The molecule has 0 aromatic carbocycles. The number of hydrogen-bond acceptors (Lipinski definition) is 4. The molecular formula is C17H24N2O4.